The first-order chi connectivity index (χ1) is 21.8. The van der Waals surface area contributed by atoms with Gasteiger partial charge < -0.3 is 9.13 Å². The Kier molecular flexibility index (Phi) is 5.54. The highest BCUT2D eigenvalue weighted by Gasteiger charge is 2.19. The normalized spacial score (nSPS) is 11.6. The predicted octanol–water partition coefficient (Wildman–Crippen LogP) is 11.2. The average Bonchev–Trinajstić information content (AvgIpc) is 3.60. The van der Waals surface area contributed by atoms with Crippen molar-refractivity contribution in [3.05, 3.63) is 170 Å². The van der Waals surface area contributed by atoms with Gasteiger partial charge >= 0.3 is 0 Å². The third-order valence-electron chi connectivity index (χ3n) is 8.93. The smallest absolute Gasteiger partial charge is 0.0562 e. The Morgan fingerprint density at radius 1 is 0.295 bits per heavy atom. The molecule has 206 valence electrons. The number of benzene rings is 7. The first-order valence-corrected chi connectivity index (χ1v) is 15.1. The molecule has 0 aliphatic heterocycles. The molecule has 9 aromatic rings. The van der Waals surface area contributed by atoms with Crippen molar-refractivity contribution in [2.45, 2.75) is 0 Å². The van der Waals surface area contributed by atoms with Crippen LogP contribution in [0.3, 0.4) is 0 Å². The van der Waals surface area contributed by atoms with E-state index in [1.54, 1.807) is 0 Å². The van der Waals surface area contributed by atoms with E-state index < -0.39 is 0 Å². The SMILES string of the molecule is c1ccc(-c2ccc(-c3ccccc3-n3c4ccccc4c4cc5c6ccccc6n(-c6ccccc6)c5cc43)cc2)cc1. The quantitative estimate of drug-likeness (QED) is 0.203. The van der Waals surface area contributed by atoms with Crippen molar-refractivity contribution in [1.29, 1.82) is 0 Å². The van der Waals surface area contributed by atoms with E-state index in [-0.39, 0.29) is 0 Å². The second kappa shape index (κ2) is 9.86. The topological polar surface area (TPSA) is 9.86 Å². The fraction of sp³-hybridized carbons (Fsp3) is 0. The van der Waals surface area contributed by atoms with Crippen LogP contribution in [-0.2, 0) is 0 Å². The van der Waals surface area contributed by atoms with E-state index in [4.69, 9.17) is 0 Å². The van der Waals surface area contributed by atoms with Crippen molar-refractivity contribution >= 4 is 43.6 Å². The Labute approximate surface area is 255 Å². The van der Waals surface area contributed by atoms with Crippen molar-refractivity contribution in [3.8, 4) is 33.6 Å². The Hall–Kier alpha value is -5.86. The van der Waals surface area contributed by atoms with Gasteiger partial charge in [-0.25, -0.2) is 0 Å². The van der Waals surface area contributed by atoms with Crippen LogP contribution in [0.2, 0.25) is 0 Å². The summed E-state index contributed by atoms with van der Waals surface area (Å²) < 4.78 is 4.86. The lowest BCUT2D eigenvalue weighted by atomic mass is 9.99. The molecule has 0 unspecified atom stereocenters. The Balaban J connectivity index is 1.33. The second-order valence-corrected chi connectivity index (χ2v) is 11.4. The number of hydrogen-bond donors (Lipinski definition) is 0. The monoisotopic (exact) mass is 560 g/mol. The second-order valence-electron chi connectivity index (χ2n) is 11.4. The third-order valence-corrected chi connectivity index (χ3v) is 8.93. The van der Waals surface area contributed by atoms with E-state index >= 15 is 0 Å². The van der Waals surface area contributed by atoms with E-state index in [0.717, 1.165) is 0 Å². The molecule has 0 atom stereocenters. The number of fused-ring (bicyclic) bond motifs is 6. The number of nitrogens with zero attached hydrogens (tertiary/aromatic N) is 2. The predicted molar refractivity (Wildman–Crippen MR) is 186 cm³/mol. The zero-order valence-corrected chi connectivity index (χ0v) is 24.1. The summed E-state index contributed by atoms with van der Waals surface area (Å²) in [5, 5.41) is 5.06. The van der Waals surface area contributed by atoms with Crippen molar-refractivity contribution in [2.75, 3.05) is 0 Å². The molecule has 0 aliphatic rings. The molecule has 0 amide bonds. The maximum absolute atomic E-state index is 2.46. The van der Waals surface area contributed by atoms with Gasteiger partial charge in [-0.3, -0.25) is 0 Å². The summed E-state index contributed by atoms with van der Waals surface area (Å²) in [7, 11) is 0. The van der Waals surface area contributed by atoms with Gasteiger partial charge in [-0.15, -0.1) is 0 Å². The number of hydrogen-bond acceptors (Lipinski definition) is 0. The van der Waals surface area contributed by atoms with E-state index in [2.05, 4.69) is 179 Å². The zero-order valence-electron chi connectivity index (χ0n) is 24.1. The molecule has 0 saturated carbocycles. The van der Waals surface area contributed by atoms with Gasteiger partial charge in [0, 0.05) is 32.8 Å². The van der Waals surface area contributed by atoms with Gasteiger partial charge in [0.1, 0.15) is 0 Å². The van der Waals surface area contributed by atoms with Gasteiger partial charge in [-0.05, 0) is 59.2 Å². The lowest BCUT2D eigenvalue weighted by Gasteiger charge is -2.15. The van der Waals surface area contributed by atoms with Gasteiger partial charge in [0.25, 0.3) is 0 Å². The number of aromatic nitrogens is 2. The summed E-state index contributed by atoms with van der Waals surface area (Å²) in [4.78, 5) is 0. The third kappa shape index (κ3) is 3.75. The molecular weight excluding hydrogens is 532 g/mol. The molecule has 0 spiro atoms. The molecule has 0 saturated heterocycles. The minimum Gasteiger partial charge on any atom is -0.309 e. The summed E-state index contributed by atoms with van der Waals surface area (Å²) in [6, 6.07) is 61.4. The maximum atomic E-state index is 2.46. The van der Waals surface area contributed by atoms with E-state index in [1.165, 1.54) is 77.2 Å². The summed E-state index contributed by atoms with van der Waals surface area (Å²) in [5.74, 6) is 0. The molecular formula is C42H28N2. The van der Waals surface area contributed by atoms with E-state index in [1.807, 2.05) is 0 Å². The molecule has 2 aromatic heterocycles. The first kappa shape index (κ1) is 24.7. The molecule has 2 heteroatoms. The standard InChI is InChI=1S/C42H28N2/c1-3-13-29(14-4-1)30-23-25-31(26-24-30)33-17-7-10-20-38(33)44-40-22-12-9-19-35(40)37-27-36-34-18-8-11-21-39(34)43(41(36)28-42(37)44)32-15-5-2-6-16-32/h1-28H. The van der Waals surface area contributed by atoms with Gasteiger partial charge in [-0.2, -0.15) is 0 Å². The van der Waals surface area contributed by atoms with Crippen LogP contribution in [0, 0.1) is 0 Å². The minimum atomic E-state index is 1.17. The van der Waals surface area contributed by atoms with Crippen LogP contribution in [0.4, 0.5) is 0 Å². The molecule has 9 rings (SSSR count). The molecule has 0 fully saturated rings. The summed E-state index contributed by atoms with van der Waals surface area (Å²) in [6.45, 7) is 0. The van der Waals surface area contributed by atoms with Crippen LogP contribution in [0.1, 0.15) is 0 Å². The van der Waals surface area contributed by atoms with Gasteiger partial charge in [-0.1, -0.05) is 127 Å². The molecule has 0 radical (unpaired) electrons. The largest absolute Gasteiger partial charge is 0.309 e. The molecule has 44 heavy (non-hydrogen) atoms. The van der Waals surface area contributed by atoms with Crippen molar-refractivity contribution in [3.63, 3.8) is 0 Å². The van der Waals surface area contributed by atoms with Gasteiger partial charge in [0.15, 0.2) is 0 Å². The molecule has 2 heterocycles. The van der Waals surface area contributed by atoms with Crippen LogP contribution in [0.25, 0.3) is 77.2 Å². The molecule has 0 aliphatic carbocycles. The van der Waals surface area contributed by atoms with Crippen LogP contribution >= 0.6 is 0 Å². The minimum absolute atomic E-state index is 1.17. The van der Waals surface area contributed by atoms with Crippen LogP contribution in [-0.4, -0.2) is 9.13 Å². The molecule has 0 N–H and O–H groups in total. The van der Waals surface area contributed by atoms with Crippen LogP contribution in [0.15, 0.2) is 170 Å². The lowest BCUT2D eigenvalue weighted by molar-refractivity contribution is 1.17. The zero-order chi connectivity index (χ0) is 29.0. The molecule has 7 aromatic carbocycles. The van der Waals surface area contributed by atoms with Crippen molar-refractivity contribution in [1.82, 2.24) is 9.13 Å². The van der Waals surface area contributed by atoms with E-state index in [9.17, 15) is 0 Å². The Morgan fingerprint density at radius 3 is 1.50 bits per heavy atom. The number of para-hydroxylation sites is 4. The highest BCUT2D eigenvalue weighted by Crippen LogP contribution is 2.41. The fourth-order valence-corrected chi connectivity index (χ4v) is 6.93. The number of rotatable bonds is 4. The molecule has 0 bridgehead atoms. The van der Waals surface area contributed by atoms with E-state index in [0.29, 0.717) is 0 Å². The summed E-state index contributed by atoms with van der Waals surface area (Å²) in [5.41, 5.74) is 12.0. The Morgan fingerprint density at radius 2 is 0.795 bits per heavy atom. The highest BCUT2D eigenvalue weighted by atomic mass is 15.0. The molecule has 2 nitrogen and oxygen atoms in total. The summed E-state index contributed by atoms with van der Waals surface area (Å²) in [6.07, 6.45) is 0. The van der Waals surface area contributed by atoms with Gasteiger partial charge in [0.2, 0.25) is 0 Å². The average molecular weight is 561 g/mol. The fourth-order valence-electron chi connectivity index (χ4n) is 6.93. The first-order valence-electron chi connectivity index (χ1n) is 15.1. The van der Waals surface area contributed by atoms with Crippen LogP contribution in [0.5, 0.6) is 0 Å². The van der Waals surface area contributed by atoms with Crippen molar-refractivity contribution in [2.24, 2.45) is 0 Å². The lowest BCUT2D eigenvalue weighted by Crippen LogP contribution is -1.98. The van der Waals surface area contributed by atoms with Crippen LogP contribution < -0.4 is 0 Å². The van der Waals surface area contributed by atoms with Crippen molar-refractivity contribution < 1.29 is 0 Å². The maximum Gasteiger partial charge on any atom is 0.0562 e. The highest BCUT2D eigenvalue weighted by molar-refractivity contribution is 6.19. The summed E-state index contributed by atoms with van der Waals surface area (Å²) >= 11 is 0. The van der Waals surface area contributed by atoms with Gasteiger partial charge in [0.05, 0.1) is 27.8 Å². The Bertz CT molecular complexity index is 2460.